The van der Waals surface area contributed by atoms with Gasteiger partial charge >= 0.3 is 5.97 Å². The molecule has 1 N–H and O–H groups in total. The van der Waals surface area contributed by atoms with Crippen molar-refractivity contribution in [2.75, 3.05) is 5.32 Å². The molecule has 0 saturated heterocycles. The standard InChI is InChI=1S/C23H22N2O4S/c1-14-19-16(25-29-22(27)18-10-7-11-30-18)12-23(2,3)13-17(19)28-20(14)21(26)24-15-8-5-4-6-9-15/h4-11H,12-13H2,1-3H3,(H,24,26)/b25-16-. The Morgan fingerprint density at radius 1 is 1.13 bits per heavy atom. The number of nitrogens with one attached hydrogen (secondary N) is 1. The maximum atomic E-state index is 12.8. The monoisotopic (exact) mass is 422 g/mol. The van der Waals surface area contributed by atoms with Gasteiger partial charge in [-0.25, -0.2) is 4.79 Å². The largest absolute Gasteiger partial charge is 0.455 e. The lowest BCUT2D eigenvalue weighted by Crippen LogP contribution is -2.27. The van der Waals surface area contributed by atoms with Crippen LogP contribution in [0.5, 0.6) is 0 Å². The Kier molecular flexibility index (Phi) is 5.30. The van der Waals surface area contributed by atoms with Crippen LogP contribution >= 0.6 is 11.3 Å². The van der Waals surface area contributed by atoms with Gasteiger partial charge in [0.2, 0.25) is 0 Å². The van der Waals surface area contributed by atoms with Crippen molar-refractivity contribution in [3.63, 3.8) is 0 Å². The van der Waals surface area contributed by atoms with Crippen molar-refractivity contribution in [1.82, 2.24) is 0 Å². The lowest BCUT2D eigenvalue weighted by atomic mass is 9.75. The minimum atomic E-state index is -0.495. The highest BCUT2D eigenvalue weighted by Crippen LogP contribution is 2.39. The summed E-state index contributed by atoms with van der Waals surface area (Å²) in [5, 5.41) is 8.84. The number of carbonyl (C=O) groups excluding carboxylic acids is 2. The summed E-state index contributed by atoms with van der Waals surface area (Å²) in [7, 11) is 0. The van der Waals surface area contributed by atoms with Gasteiger partial charge in [-0.05, 0) is 42.3 Å². The highest BCUT2D eigenvalue weighted by Gasteiger charge is 2.36. The molecule has 1 aliphatic carbocycles. The molecule has 0 bridgehead atoms. The Morgan fingerprint density at radius 3 is 2.60 bits per heavy atom. The van der Waals surface area contributed by atoms with E-state index in [2.05, 4.69) is 24.3 Å². The van der Waals surface area contributed by atoms with E-state index in [9.17, 15) is 9.59 Å². The van der Waals surface area contributed by atoms with Crippen molar-refractivity contribution in [3.05, 3.63) is 75.4 Å². The number of para-hydroxylation sites is 1. The van der Waals surface area contributed by atoms with Crippen molar-refractivity contribution in [3.8, 4) is 0 Å². The van der Waals surface area contributed by atoms with Gasteiger partial charge < -0.3 is 14.6 Å². The van der Waals surface area contributed by atoms with Gasteiger partial charge in [-0.2, -0.15) is 0 Å². The average Bonchev–Trinajstić information content (AvgIpc) is 3.34. The molecule has 2 heterocycles. The van der Waals surface area contributed by atoms with Crippen molar-refractivity contribution >= 4 is 34.6 Å². The zero-order valence-corrected chi connectivity index (χ0v) is 17.8. The Bertz CT molecular complexity index is 1110. The summed E-state index contributed by atoms with van der Waals surface area (Å²) < 4.78 is 5.98. The number of rotatable bonds is 4. The highest BCUT2D eigenvalue weighted by molar-refractivity contribution is 7.11. The zero-order chi connectivity index (χ0) is 21.3. The van der Waals surface area contributed by atoms with Gasteiger partial charge in [-0.3, -0.25) is 4.79 Å². The molecule has 1 aliphatic rings. The van der Waals surface area contributed by atoms with E-state index in [4.69, 9.17) is 9.25 Å². The van der Waals surface area contributed by atoms with Gasteiger partial charge in [0.15, 0.2) is 5.76 Å². The molecule has 4 rings (SSSR count). The summed E-state index contributed by atoms with van der Waals surface area (Å²) in [6.45, 7) is 6.01. The summed E-state index contributed by atoms with van der Waals surface area (Å²) in [5.74, 6) is 0.123. The minimum Gasteiger partial charge on any atom is -0.455 e. The molecule has 30 heavy (non-hydrogen) atoms. The number of fused-ring (bicyclic) bond motifs is 1. The summed E-state index contributed by atoms with van der Waals surface area (Å²) in [6.07, 6.45) is 1.28. The lowest BCUT2D eigenvalue weighted by Gasteiger charge is -2.29. The Hall–Kier alpha value is -3.19. The van der Waals surface area contributed by atoms with Crippen LogP contribution in [0.3, 0.4) is 0 Å². The quantitative estimate of drug-likeness (QED) is 0.449. The third-order valence-corrected chi connectivity index (χ3v) is 5.84. The first-order valence-corrected chi connectivity index (χ1v) is 10.5. The van der Waals surface area contributed by atoms with Crippen LogP contribution < -0.4 is 5.32 Å². The van der Waals surface area contributed by atoms with Crippen LogP contribution in [0, 0.1) is 12.3 Å². The Labute approximate surface area is 178 Å². The van der Waals surface area contributed by atoms with E-state index in [0.29, 0.717) is 40.4 Å². The first-order valence-electron chi connectivity index (χ1n) is 9.65. The van der Waals surface area contributed by atoms with Gasteiger partial charge in [0, 0.05) is 23.2 Å². The van der Waals surface area contributed by atoms with Crippen LogP contribution in [0.25, 0.3) is 0 Å². The molecule has 0 saturated carbocycles. The number of hydrogen-bond acceptors (Lipinski definition) is 6. The maximum Gasteiger partial charge on any atom is 0.375 e. The molecule has 7 heteroatoms. The summed E-state index contributed by atoms with van der Waals surface area (Å²) in [5.41, 5.74) is 2.62. The first kappa shape index (κ1) is 20.1. The molecule has 0 spiro atoms. The van der Waals surface area contributed by atoms with E-state index in [-0.39, 0.29) is 17.1 Å². The van der Waals surface area contributed by atoms with Gasteiger partial charge in [-0.15, -0.1) is 11.3 Å². The number of oxime groups is 1. The highest BCUT2D eigenvalue weighted by atomic mass is 32.1. The first-order chi connectivity index (χ1) is 14.3. The Morgan fingerprint density at radius 2 is 1.90 bits per heavy atom. The number of furan rings is 1. The van der Waals surface area contributed by atoms with Gasteiger partial charge in [0.1, 0.15) is 10.6 Å². The number of anilines is 1. The number of benzene rings is 1. The molecule has 6 nitrogen and oxygen atoms in total. The molecule has 154 valence electrons. The number of amides is 1. The van der Waals surface area contributed by atoms with E-state index in [0.717, 1.165) is 5.56 Å². The van der Waals surface area contributed by atoms with E-state index in [1.54, 1.807) is 12.1 Å². The predicted octanol–water partition coefficient (Wildman–Crippen LogP) is 5.44. The van der Waals surface area contributed by atoms with Crippen LogP contribution in [0.4, 0.5) is 5.69 Å². The van der Waals surface area contributed by atoms with Crippen LogP contribution in [-0.2, 0) is 11.3 Å². The van der Waals surface area contributed by atoms with Crippen LogP contribution in [0.1, 0.15) is 57.4 Å². The lowest BCUT2D eigenvalue weighted by molar-refractivity contribution is 0.0519. The van der Waals surface area contributed by atoms with E-state index in [1.165, 1.54) is 11.3 Å². The molecule has 3 aromatic rings. The topological polar surface area (TPSA) is 80.9 Å². The van der Waals surface area contributed by atoms with Gasteiger partial charge in [-0.1, -0.05) is 43.3 Å². The van der Waals surface area contributed by atoms with Crippen LogP contribution in [-0.4, -0.2) is 17.6 Å². The molecule has 0 fully saturated rings. The predicted molar refractivity (Wildman–Crippen MR) is 116 cm³/mol. The minimum absolute atomic E-state index is 0.140. The molecule has 0 radical (unpaired) electrons. The van der Waals surface area contributed by atoms with Gasteiger partial charge in [0.25, 0.3) is 5.91 Å². The summed E-state index contributed by atoms with van der Waals surface area (Å²) in [6, 6.07) is 12.7. The third-order valence-electron chi connectivity index (χ3n) is 4.99. The van der Waals surface area contributed by atoms with Crippen LogP contribution in [0.15, 0.2) is 57.4 Å². The van der Waals surface area contributed by atoms with Crippen LogP contribution in [0.2, 0.25) is 0 Å². The molecule has 0 aliphatic heterocycles. The molecule has 1 aromatic carbocycles. The van der Waals surface area contributed by atoms with Crippen molar-refractivity contribution in [2.24, 2.45) is 10.6 Å². The SMILES string of the molecule is Cc1c(C(=O)Nc2ccccc2)oc2c1/C(=N\OC(=O)c1cccs1)CC(C)(C)C2. The number of hydrogen-bond donors (Lipinski definition) is 1. The van der Waals surface area contributed by atoms with E-state index >= 15 is 0 Å². The fourth-order valence-electron chi connectivity index (χ4n) is 3.65. The van der Waals surface area contributed by atoms with Crippen molar-refractivity contribution < 1.29 is 18.8 Å². The van der Waals surface area contributed by atoms with Crippen molar-refractivity contribution in [2.45, 2.75) is 33.6 Å². The molecule has 0 unspecified atom stereocenters. The fourth-order valence-corrected chi connectivity index (χ4v) is 4.25. The van der Waals surface area contributed by atoms with E-state index < -0.39 is 5.97 Å². The second-order valence-corrected chi connectivity index (χ2v) is 9.03. The zero-order valence-electron chi connectivity index (χ0n) is 17.0. The normalized spacial score (nSPS) is 16.2. The number of carbonyl (C=O) groups is 2. The molecule has 1 amide bonds. The molecular weight excluding hydrogens is 400 g/mol. The molecule has 0 atom stereocenters. The third kappa shape index (κ3) is 4.07. The molecular formula is C23H22N2O4S. The maximum absolute atomic E-state index is 12.8. The van der Waals surface area contributed by atoms with Gasteiger partial charge in [0.05, 0.1) is 5.71 Å². The Balaban J connectivity index is 1.65. The smallest absolute Gasteiger partial charge is 0.375 e. The van der Waals surface area contributed by atoms with E-state index in [1.807, 2.05) is 42.6 Å². The summed E-state index contributed by atoms with van der Waals surface area (Å²) in [4.78, 5) is 30.7. The second-order valence-electron chi connectivity index (χ2n) is 8.09. The summed E-state index contributed by atoms with van der Waals surface area (Å²) >= 11 is 1.30. The number of thiophene rings is 1. The van der Waals surface area contributed by atoms with Crippen molar-refractivity contribution in [1.29, 1.82) is 0 Å². The fraction of sp³-hybridized carbons (Fsp3) is 0.261. The number of nitrogens with zero attached hydrogens (tertiary/aromatic N) is 1. The second kappa shape index (κ2) is 7.91. The molecule has 2 aromatic heterocycles. The average molecular weight is 423 g/mol.